The molecule has 21 heavy (non-hydrogen) atoms. The van der Waals surface area contributed by atoms with Gasteiger partial charge >= 0.3 is 0 Å². The molecule has 3 fully saturated rings. The number of hydrogen-bond acceptors (Lipinski definition) is 6. The first-order valence-corrected chi connectivity index (χ1v) is 7.47. The lowest BCUT2D eigenvalue weighted by atomic mass is 9.75. The van der Waals surface area contributed by atoms with Gasteiger partial charge in [0.1, 0.15) is 13.4 Å². The number of hydrogen-bond donors (Lipinski definition) is 1. The van der Waals surface area contributed by atoms with Gasteiger partial charge in [-0.15, -0.1) is 0 Å². The fourth-order valence-corrected chi connectivity index (χ4v) is 3.61. The Kier molecular flexibility index (Phi) is 2.92. The van der Waals surface area contributed by atoms with Crippen molar-refractivity contribution < 1.29 is 4.74 Å². The van der Waals surface area contributed by atoms with Crippen LogP contribution in [0.2, 0.25) is 0 Å². The third kappa shape index (κ3) is 2.20. The van der Waals surface area contributed by atoms with Crippen LogP contribution in [-0.2, 0) is 4.74 Å². The highest BCUT2D eigenvalue weighted by molar-refractivity contribution is 6.31. The lowest BCUT2D eigenvalue weighted by Gasteiger charge is -2.50. The number of rotatable bonds is 1. The monoisotopic (exact) mass is 283 g/mol. The molecule has 2 radical (unpaired) electrons. The van der Waals surface area contributed by atoms with Gasteiger partial charge in [-0.1, -0.05) is 0 Å². The summed E-state index contributed by atoms with van der Waals surface area (Å²) >= 11 is 0. The highest BCUT2D eigenvalue weighted by Crippen LogP contribution is 2.40. The van der Waals surface area contributed by atoms with E-state index < -0.39 is 0 Å². The van der Waals surface area contributed by atoms with E-state index in [-0.39, 0.29) is 5.60 Å². The SMILES string of the molecule is [B]c1ncc(NC2=NC[C@@]3(CN4CCC3CC4)O2)nc1C. The number of aryl methyl sites for hydroxylation is 1. The molecule has 1 atom stereocenters. The van der Waals surface area contributed by atoms with Crippen molar-refractivity contribution in [2.45, 2.75) is 25.4 Å². The van der Waals surface area contributed by atoms with Crippen LogP contribution in [0.1, 0.15) is 18.5 Å². The van der Waals surface area contributed by atoms with Crippen molar-refractivity contribution >= 4 is 25.3 Å². The summed E-state index contributed by atoms with van der Waals surface area (Å²) < 4.78 is 6.20. The number of ether oxygens (including phenoxy) is 1. The molecule has 1 aromatic rings. The minimum absolute atomic E-state index is 0.130. The van der Waals surface area contributed by atoms with Crippen LogP contribution < -0.4 is 10.9 Å². The predicted molar refractivity (Wildman–Crippen MR) is 81.1 cm³/mol. The Bertz CT molecular complexity index is 599. The first kappa shape index (κ1) is 13.1. The van der Waals surface area contributed by atoms with Gasteiger partial charge in [0, 0.05) is 18.1 Å². The quantitative estimate of drug-likeness (QED) is 0.726. The van der Waals surface area contributed by atoms with E-state index in [1.165, 1.54) is 25.9 Å². The molecule has 3 saturated heterocycles. The van der Waals surface area contributed by atoms with E-state index in [1.807, 2.05) is 6.92 Å². The normalized spacial score (nSPS) is 33.9. The number of amidine groups is 1. The number of nitrogens with one attached hydrogen (secondary N) is 1. The highest BCUT2D eigenvalue weighted by Gasteiger charge is 2.51. The average Bonchev–Trinajstić information content (AvgIpc) is 2.87. The van der Waals surface area contributed by atoms with Gasteiger partial charge in [0.25, 0.3) is 6.02 Å². The fourth-order valence-electron chi connectivity index (χ4n) is 3.61. The molecular weight excluding hydrogens is 265 g/mol. The van der Waals surface area contributed by atoms with Crippen molar-refractivity contribution in [3.05, 3.63) is 11.9 Å². The molecule has 5 heterocycles. The molecule has 2 bridgehead atoms. The van der Waals surface area contributed by atoms with Crippen molar-refractivity contribution in [2.24, 2.45) is 10.9 Å². The first-order valence-electron chi connectivity index (χ1n) is 7.47. The second kappa shape index (κ2) is 4.69. The summed E-state index contributed by atoms with van der Waals surface area (Å²) in [6, 6.07) is 0.558. The molecular formula is C14H18BN5O. The molecule has 4 aliphatic heterocycles. The lowest BCUT2D eigenvalue weighted by Crippen LogP contribution is -2.61. The van der Waals surface area contributed by atoms with Crippen LogP contribution in [0.5, 0.6) is 0 Å². The molecule has 0 aromatic carbocycles. The summed E-state index contributed by atoms with van der Waals surface area (Å²) in [5, 5.41) is 3.12. The minimum atomic E-state index is -0.130. The zero-order valence-corrected chi connectivity index (χ0v) is 12.2. The van der Waals surface area contributed by atoms with E-state index in [2.05, 4.69) is 25.2 Å². The second-order valence-corrected chi connectivity index (χ2v) is 6.19. The van der Waals surface area contributed by atoms with Gasteiger partial charge in [-0.25, -0.2) is 9.98 Å². The number of aliphatic imine (C=N–C) groups is 1. The molecule has 1 aromatic heterocycles. The average molecular weight is 283 g/mol. The lowest BCUT2D eigenvalue weighted by molar-refractivity contribution is -0.0829. The molecule has 0 amide bonds. The van der Waals surface area contributed by atoms with E-state index >= 15 is 0 Å². The Balaban J connectivity index is 1.47. The van der Waals surface area contributed by atoms with E-state index in [9.17, 15) is 0 Å². The molecule has 5 rings (SSSR count). The maximum absolute atomic E-state index is 6.20. The van der Waals surface area contributed by atoms with E-state index in [0.717, 1.165) is 13.1 Å². The molecule has 1 spiro atoms. The topological polar surface area (TPSA) is 62.6 Å². The van der Waals surface area contributed by atoms with Crippen LogP contribution in [0.3, 0.4) is 0 Å². The highest BCUT2D eigenvalue weighted by atomic mass is 16.5. The summed E-state index contributed by atoms with van der Waals surface area (Å²) in [7, 11) is 5.68. The predicted octanol–water partition coefficient (Wildman–Crippen LogP) is -0.159. The van der Waals surface area contributed by atoms with Gasteiger partial charge in [0.05, 0.1) is 18.4 Å². The molecule has 1 N–H and O–H groups in total. The van der Waals surface area contributed by atoms with E-state index in [4.69, 9.17) is 12.6 Å². The summed E-state index contributed by atoms with van der Waals surface area (Å²) in [6.45, 7) is 5.94. The van der Waals surface area contributed by atoms with Crippen molar-refractivity contribution in [1.29, 1.82) is 0 Å². The van der Waals surface area contributed by atoms with Gasteiger partial charge in [-0.05, 0) is 32.9 Å². The molecule has 7 heteroatoms. The van der Waals surface area contributed by atoms with Gasteiger partial charge in [-0.2, -0.15) is 0 Å². The number of anilines is 1. The van der Waals surface area contributed by atoms with Crippen LogP contribution in [-0.4, -0.2) is 60.5 Å². The number of piperidine rings is 3. The third-order valence-electron chi connectivity index (χ3n) is 4.83. The van der Waals surface area contributed by atoms with Crippen LogP contribution in [0, 0.1) is 12.8 Å². The van der Waals surface area contributed by atoms with Gasteiger partial charge in [0.15, 0.2) is 5.82 Å². The Morgan fingerprint density at radius 3 is 2.90 bits per heavy atom. The first-order chi connectivity index (χ1) is 10.1. The fraction of sp³-hybridized carbons (Fsp3) is 0.643. The maximum atomic E-state index is 6.20. The molecule has 0 unspecified atom stereocenters. The number of fused-ring (bicyclic) bond motifs is 2. The van der Waals surface area contributed by atoms with Crippen molar-refractivity contribution in [2.75, 3.05) is 31.5 Å². The Morgan fingerprint density at radius 2 is 2.24 bits per heavy atom. The van der Waals surface area contributed by atoms with Crippen molar-refractivity contribution in [1.82, 2.24) is 14.9 Å². The van der Waals surface area contributed by atoms with Crippen molar-refractivity contribution in [3.63, 3.8) is 0 Å². The maximum Gasteiger partial charge on any atom is 0.291 e. The van der Waals surface area contributed by atoms with E-state index in [1.54, 1.807) is 6.20 Å². The number of aromatic nitrogens is 2. The summed E-state index contributed by atoms with van der Waals surface area (Å²) in [6.07, 6.45) is 4.03. The third-order valence-corrected chi connectivity index (χ3v) is 4.83. The molecule has 4 aliphatic rings. The van der Waals surface area contributed by atoms with Crippen LogP contribution in [0.25, 0.3) is 0 Å². The van der Waals surface area contributed by atoms with Gasteiger partial charge < -0.3 is 4.74 Å². The minimum Gasteiger partial charge on any atom is -0.455 e. The molecule has 0 aliphatic carbocycles. The zero-order valence-electron chi connectivity index (χ0n) is 12.2. The Morgan fingerprint density at radius 1 is 1.43 bits per heavy atom. The van der Waals surface area contributed by atoms with Gasteiger partial charge in [0.2, 0.25) is 0 Å². The zero-order chi connectivity index (χ0) is 14.4. The molecule has 108 valence electrons. The Hall–Kier alpha value is -1.63. The summed E-state index contributed by atoms with van der Waals surface area (Å²) in [5.41, 5.74) is 1.02. The molecule has 0 saturated carbocycles. The standard InChI is InChI=1S/C14H18BN5O/c1-9-12(15)16-6-11(18-9)19-13-17-7-14(21-13)8-20-4-2-10(14)3-5-20/h6,10H,2-5,7-8H2,1H3,(H,17,18,19)/t14-/m0/s1. The van der Waals surface area contributed by atoms with Crippen LogP contribution >= 0.6 is 0 Å². The van der Waals surface area contributed by atoms with Crippen LogP contribution in [0.4, 0.5) is 5.82 Å². The van der Waals surface area contributed by atoms with Crippen LogP contribution in [0.15, 0.2) is 11.2 Å². The smallest absolute Gasteiger partial charge is 0.291 e. The van der Waals surface area contributed by atoms with E-state index in [0.29, 0.717) is 29.0 Å². The largest absolute Gasteiger partial charge is 0.455 e. The second-order valence-electron chi connectivity index (χ2n) is 6.19. The van der Waals surface area contributed by atoms with Crippen molar-refractivity contribution in [3.8, 4) is 0 Å². The number of nitrogens with zero attached hydrogens (tertiary/aromatic N) is 4. The summed E-state index contributed by atoms with van der Waals surface area (Å²) in [5.74, 6) is 1.24. The van der Waals surface area contributed by atoms with Gasteiger partial charge in [-0.3, -0.25) is 15.2 Å². The summed E-state index contributed by atoms with van der Waals surface area (Å²) in [4.78, 5) is 15.5. The molecule has 6 nitrogen and oxygen atoms in total. The Labute approximate surface area is 125 Å².